The number of rotatable bonds is 5. The van der Waals surface area contributed by atoms with Crippen LogP contribution >= 0.6 is 43.2 Å². The van der Waals surface area contributed by atoms with Crippen LogP contribution in [0.1, 0.15) is 19.3 Å². The van der Waals surface area contributed by atoms with Gasteiger partial charge in [-0.1, -0.05) is 0 Å². The molecule has 19 heavy (non-hydrogen) atoms. The van der Waals surface area contributed by atoms with Gasteiger partial charge in [0.1, 0.15) is 4.21 Å². The van der Waals surface area contributed by atoms with Crippen LogP contribution in [0.25, 0.3) is 0 Å². The highest BCUT2D eigenvalue weighted by atomic mass is 79.9. The lowest BCUT2D eigenvalue weighted by atomic mass is 10.1. The second kappa shape index (κ2) is 6.53. The Labute approximate surface area is 134 Å². The molecule has 0 saturated carbocycles. The fraction of sp³-hybridized carbons (Fsp3) is 0.636. The SMILES string of the molecule is CN1CCCC1CCNS(=O)(=O)c1cc(Br)c(Br)s1. The van der Waals surface area contributed by atoms with Gasteiger partial charge in [0.25, 0.3) is 0 Å². The van der Waals surface area contributed by atoms with Gasteiger partial charge in [-0.2, -0.15) is 0 Å². The molecule has 2 rings (SSSR count). The minimum absolute atomic E-state index is 0.339. The number of likely N-dealkylation sites (tertiary alicyclic amines) is 1. The van der Waals surface area contributed by atoms with Crippen molar-refractivity contribution in [2.45, 2.75) is 29.5 Å². The highest BCUT2D eigenvalue weighted by molar-refractivity contribution is 9.13. The summed E-state index contributed by atoms with van der Waals surface area (Å²) >= 11 is 7.83. The molecule has 0 aromatic carbocycles. The summed E-state index contributed by atoms with van der Waals surface area (Å²) in [6, 6.07) is 2.13. The maximum Gasteiger partial charge on any atom is 0.250 e. The fourth-order valence-electron chi connectivity index (χ4n) is 2.23. The molecule has 0 radical (unpaired) electrons. The molecule has 0 aliphatic carbocycles. The standard InChI is InChI=1S/C11H16Br2N2O2S2/c1-15-6-2-3-8(15)4-5-14-19(16,17)10-7-9(12)11(13)18-10/h7-8,14H,2-6H2,1H3. The van der Waals surface area contributed by atoms with E-state index in [0.717, 1.165) is 27.6 Å². The van der Waals surface area contributed by atoms with Crippen molar-refractivity contribution < 1.29 is 8.42 Å². The molecule has 1 unspecified atom stereocenters. The highest BCUT2D eigenvalue weighted by Gasteiger charge is 2.22. The molecule has 1 saturated heterocycles. The highest BCUT2D eigenvalue weighted by Crippen LogP contribution is 2.34. The van der Waals surface area contributed by atoms with E-state index in [-0.39, 0.29) is 0 Å². The number of thiophene rings is 1. The number of hydrogen-bond acceptors (Lipinski definition) is 4. The Hall–Kier alpha value is 0.530. The lowest BCUT2D eigenvalue weighted by Crippen LogP contribution is -2.31. The minimum atomic E-state index is -3.38. The van der Waals surface area contributed by atoms with Crippen molar-refractivity contribution in [2.75, 3.05) is 20.1 Å². The van der Waals surface area contributed by atoms with Crippen molar-refractivity contribution in [3.05, 3.63) is 14.3 Å². The third kappa shape index (κ3) is 4.01. The Morgan fingerprint density at radius 1 is 1.53 bits per heavy atom. The summed E-state index contributed by atoms with van der Waals surface area (Å²) in [4.78, 5) is 2.30. The topological polar surface area (TPSA) is 49.4 Å². The molecule has 2 heterocycles. The van der Waals surface area contributed by atoms with Gasteiger partial charge >= 0.3 is 0 Å². The Morgan fingerprint density at radius 3 is 2.79 bits per heavy atom. The third-order valence-corrected chi connectivity index (χ3v) is 8.52. The van der Waals surface area contributed by atoms with Crippen LogP contribution in [-0.4, -0.2) is 39.5 Å². The summed E-state index contributed by atoms with van der Waals surface area (Å²) in [5.74, 6) is 0. The third-order valence-electron chi connectivity index (χ3n) is 3.33. The van der Waals surface area contributed by atoms with E-state index in [4.69, 9.17) is 0 Å². The van der Waals surface area contributed by atoms with Gasteiger partial charge in [-0.15, -0.1) is 11.3 Å². The van der Waals surface area contributed by atoms with Crippen LogP contribution in [-0.2, 0) is 10.0 Å². The first-order chi connectivity index (χ1) is 8.90. The molecule has 1 atom stereocenters. The Morgan fingerprint density at radius 2 is 2.26 bits per heavy atom. The van der Waals surface area contributed by atoms with Gasteiger partial charge in [0, 0.05) is 17.1 Å². The van der Waals surface area contributed by atoms with Crippen LogP contribution in [0.5, 0.6) is 0 Å². The molecule has 1 aliphatic rings. The smallest absolute Gasteiger partial charge is 0.250 e. The maximum atomic E-state index is 12.1. The van der Waals surface area contributed by atoms with Crippen LogP contribution < -0.4 is 4.72 Å². The summed E-state index contributed by atoms with van der Waals surface area (Å²) in [5, 5.41) is 0. The van der Waals surface area contributed by atoms with Crippen molar-refractivity contribution in [1.29, 1.82) is 0 Å². The van der Waals surface area contributed by atoms with Crippen LogP contribution in [0.15, 0.2) is 18.5 Å². The van der Waals surface area contributed by atoms with Crippen molar-refractivity contribution >= 4 is 53.2 Å². The Kier molecular flexibility index (Phi) is 5.47. The van der Waals surface area contributed by atoms with E-state index in [9.17, 15) is 8.42 Å². The van der Waals surface area contributed by atoms with E-state index in [1.165, 1.54) is 17.8 Å². The van der Waals surface area contributed by atoms with Gasteiger partial charge in [-0.05, 0) is 70.8 Å². The fourth-order valence-corrected chi connectivity index (χ4v) is 6.15. The molecule has 1 N–H and O–H groups in total. The average Bonchev–Trinajstić information content (AvgIpc) is 2.88. The first-order valence-electron chi connectivity index (χ1n) is 6.05. The summed E-state index contributed by atoms with van der Waals surface area (Å²) < 4.78 is 28.8. The zero-order valence-electron chi connectivity index (χ0n) is 10.5. The van der Waals surface area contributed by atoms with Gasteiger partial charge in [0.2, 0.25) is 10.0 Å². The minimum Gasteiger partial charge on any atom is -0.303 e. The zero-order chi connectivity index (χ0) is 14.0. The molecular formula is C11H16Br2N2O2S2. The summed E-state index contributed by atoms with van der Waals surface area (Å²) in [7, 11) is -1.28. The molecule has 0 spiro atoms. The molecule has 1 aromatic heterocycles. The van der Waals surface area contributed by atoms with Crippen LogP contribution in [0.3, 0.4) is 0 Å². The normalized spacial score (nSPS) is 21.1. The number of sulfonamides is 1. The first kappa shape index (κ1) is 15.9. The van der Waals surface area contributed by atoms with Gasteiger partial charge in [-0.25, -0.2) is 13.1 Å². The molecule has 8 heteroatoms. The van der Waals surface area contributed by atoms with Crippen molar-refractivity contribution in [3.8, 4) is 0 Å². The number of nitrogens with one attached hydrogen (secondary N) is 1. The lowest BCUT2D eigenvalue weighted by molar-refractivity contribution is 0.297. The van der Waals surface area contributed by atoms with E-state index in [0.29, 0.717) is 16.8 Å². The molecule has 4 nitrogen and oxygen atoms in total. The van der Waals surface area contributed by atoms with E-state index in [1.807, 2.05) is 0 Å². The average molecular weight is 432 g/mol. The van der Waals surface area contributed by atoms with Crippen molar-refractivity contribution in [2.24, 2.45) is 0 Å². The van der Waals surface area contributed by atoms with Crippen LogP contribution in [0, 0.1) is 0 Å². The van der Waals surface area contributed by atoms with Crippen molar-refractivity contribution in [1.82, 2.24) is 9.62 Å². The van der Waals surface area contributed by atoms with E-state index >= 15 is 0 Å². The summed E-state index contributed by atoms with van der Waals surface area (Å²) in [5.41, 5.74) is 0. The summed E-state index contributed by atoms with van der Waals surface area (Å²) in [6.45, 7) is 1.60. The number of nitrogens with zero attached hydrogens (tertiary/aromatic N) is 1. The molecule has 0 amide bonds. The van der Waals surface area contributed by atoms with Crippen molar-refractivity contribution in [3.63, 3.8) is 0 Å². The molecule has 1 fully saturated rings. The lowest BCUT2D eigenvalue weighted by Gasteiger charge is -2.19. The first-order valence-corrected chi connectivity index (χ1v) is 9.93. The number of hydrogen-bond donors (Lipinski definition) is 1. The predicted molar refractivity (Wildman–Crippen MR) is 85.2 cm³/mol. The van der Waals surface area contributed by atoms with Gasteiger partial charge in [0.05, 0.1) is 3.79 Å². The number of halogens is 2. The van der Waals surface area contributed by atoms with Crippen LogP contribution in [0.4, 0.5) is 0 Å². The quantitative estimate of drug-likeness (QED) is 0.779. The summed E-state index contributed by atoms with van der Waals surface area (Å²) in [6.07, 6.45) is 3.23. The monoisotopic (exact) mass is 430 g/mol. The largest absolute Gasteiger partial charge is 0.303 e. The Bertz CT molecular complexity index is 525. The predicted octanol–water partition coefficient (Wildman–Crippen LogP) is 3.04. The molecule has 108 valence electrons. The second-order valence-electron chi connectivity index (χ2n) is 4.65. The maximum absolute atomic E-state index is 12.1. The second-order valence-corrected chi connectivity index (χ2v) is 9.87. The molecule has 0 bridgehead atoms. The van der Waals surface area contributed by atoms with Crippen LogP contribution in [0.2, 0.25) is 0 Å². The molecular weight excluding hydrogens is 416 g/mol. The van der Waals surface area contributed by atoms with E-state index in [2.05, 4.69) is 48.5 Å². The van der Waals surface area contributed by atoms with Gasteiger partial charge in [0.15, 0.2) is 0 Å². The van der Waals surface area contributed by atoms with Gasteiger partial charge in [-0.3, -0.25) is 0 Å². The molecule has 1 aliphatic heterocycles. The van der Waals surface area contributed by atoms with E-state index < -0.39 is 10.0 Å². The van der Waals surface area contributed by atoms with E-state index in [1.54, 1.807) is 6.07 Å². The zero-order valence-corrected chi connectivity index (χ0v) is 15.3. The molecule has 1 aromatic rings. The Balaban J connectivity index is 1.91. The van der Waals surface area contributed by atoms with Gasteiger partial charge < -0.3 is 4.90 Å².